The van der Waals surface area contributed by atoms with Gasteiger partial charge < -0.3 is 9.73 Å². The fourth-order valence-corrected chi connectivity index (χ4v) is 1.53. The number of carbonyl (C=O) groups excluding carboxylic acids is 1. The van der Waals surface area contributed by atoms with E-state index in [1.165, 1.54) is 0 Å². The summed E-state index contributed by atoms with van der Waals surface area (Å²) >= 11 is 0. The molecule has 0 radical (unpaired) electrons. The van der Waals surface area contributed by atoms with Crippen LogP contribution < -0.4 is 5.32 Å². The molecular weight excluding hydrogens is 216 g/mol. The standard InChI is InChI=1S/C13H14N2O2/c1-9-6-7-12(17-9)13(16)15-10(2)11-5-3-4-8-14-11/h3-8,10H,1-2H3,(H,15,16). The zero-order chi connectivity index (χ0) is 12.3. The van der Waals surface area contributed by atoms with Gasteiger partial charge in [-0.2, -0.15) is 0 Å². The Bertz CT molecular complexity index is 505. The number of furan rings is 1. The van der Waals surface area contributed by atoms with Crippen LogP contribution in [0.2, 0.25) is 0 Å². The molecule has 0 saturated carbocycles. The molecule has 0 aliphatic carbocycles. The molecule has 0 bridgehead atoms. The van der Waals surface area contributed by atoms with Gasteiger partial charge in [0.2, 0.25) is 0 Å². The van der Waals surface area contributed by atoms with Gasteiger partial charge in [-0.15, -0.1) is 0 Å². The first-order valence-corrected chi connectivity index (χ1v) is 5.45. The number of amides is 1. The molecule has 0 spiro atoms. The van der Waals surface area contributed by atoms with Crippen molar-refractivity contribution in [1.82, 2.24) is 10.3 Å². The number of hydrogen-bond donors (Lipinski definition) is 1. The van der Waals surface area contributed by atoms with Crippen LogP contribution in [-0.2, 0) is 0 Å². The first kappa shape index (κ1) is 11.4. The summed E-state index contributed by atoms with van der Waals surface area (Å²) in [6, 6.07) is 8.89. The topological polar surface area (TPSA) is 55.1 Å². The van der Waals surface area contributed by atoms with E-state index in [2.05, 4.69) is 10.3 Å². The third-order valence-corrected chi connectivity index (χ3v) is 2.44. The van der Waals surface area contributed by atoms with E-state index in [-0.39, 0.29) is 11.9 Å². The highest BCUT2D eigenvalue weighted by atomic mass is 16.3. The van der Waals surface area contributed by atoms with Crippen molar-refractivity contribution >= 4 is 5.91 Å². The van der Waals surface area contributed by atoms with Crippen LogP contribution in [0.5, 0.6) is 0 Å². The van der Waals surface area contributed by atoms with Crippen molar-refractivity contribution in [3.05, 3.63) is 53.7 Å². The van der Waals surface area contributed by atoms with Crippen LogP contribution in [0.3, 0.4) is 0 Å². The molecule has 88 valence electrons. The Labute approximate surface area is 99.7 Å². The van der Waals surface area contributed by atoms with Crippen molar-refractivity contribution < 1.29 is 9.21 Å². The second-order valence-corrected chi connectivity index (χ2v) is 3.86. The number of pyridine rings is 1. The maximum atomic E-state index is 11.8. The number of aryl methyl sites for hydroxylation is 1. The molecule has 1 N–H and O–H groups in total. The molecule has 17 heavy (non-hydrogen) atoms. The Morgan fingerprint density at radius 1 is 1.35 bits per heavy atom. The smallest absolute Gasteiger partial charge is 0.287 e. The molecule has 2 rings (SSSR count). The van der Waals surface area contributed by atoms with Crippen LogP contribution in [0, 0.1) is 6.92 Å². The van der Waals surface area contributed by atoms with Crippen molar-refractivity contribution in [2.75, 3.05) is 0 Å². The first-order valence-electron chi connectivity index (χ1n) is 5.45. The van der Waals surface area contributed by atoms with E-state index < -0.39 is 0 Å². The summed E-state index contributed by atoms with van der Waals surface area (Å²) in [5.41, 5.74) is 0.823. The number of carbonyl (C=O) groups is 1. The van der Waals surface area contributed by atoms with E-state index in [0.717, 1.165) is 11.5 Å². The Kier molecular flexibility index (Phi) is 3.23. The summed E-state index contributed by atoms with van der Waals surface area (Å²) in [6.45, 7) is 3.69. The zero-order valence-corrected chi connectivity index (χ0v) is 9.81. The lowest BCUT2D eigenvalue weighted by Crippen LogP contribution is -2.26. The van der Waals surface area contributed by atoms with Crippen LogP contribution in [0.25, 0.3) is 0 Å². The van der Waals surface area contributed by atoms with Crippen LogP contribution in [0.1, 0.15) is 35.0 Å². The first-order chi connectivity index (χ1) is 8.16. The number of nitrogens with zero attached hydrogens (tertiary/aromatic N) is 1. The van der Waals surface area contributed by atoms with Gasteiger partial charge in [0.05, 0.1) is 11.7 Å². The molecule has 2 aromatic heterocycles. The van der Waals surface area contributed by atoms with E-state index >= 15 is 0 Å². The second-order valence-electron chi connectivity index (χ2n) is 3.86. The summed E-state index contributed by atoms with van der Waals surface area (Å²) in [7, 11) is 0. The highest BCUT2D eigenvalue weighted by Gasteiger charge is 2.14. The van der Waals surface area contributed by atoms with Crippen LogP contribution in [-0.4, -0.2) is 10.9 Å². The normalized spacial score (nSPS) is 12.1. The predicted octanol–water partition coefficient (Wildman–Crippen LogP) is 2.47. The van der Waals surface area contributed by atoms with E-state index in [0.29, 0.717) is 5.76 Å². The zero-order valence-electron chi connectivity index (χ0n) is 9.81. The Morgan fingerprint density at radius 2 is 2.18 bits per heavy atom. The molecule has 0 fully saturated rings. The highest BCUT2D eigenvalue weighted by Crippen LogP contribution is 2.11. The number of nitrogens with one attached hydrogen (secondary N) is 1. The quantitative estimate of drug-likeness (QED) is 0.881. The molecule has 0 aliphatic rings. The van der Waals surface area contributed by atoms with E-state index in [4.69, 9.17) is 4.42 Å². The molecule has 4 heteroatoms. The van der Waals surface area contributed by atoms with E-state index in [1.54, 1.807) is 25.3 Å². The summed E-state index contributed by atoms with van der Waals surface area (Å²) in [4.78, 5) is 16.0. The van der Waals surface area contributed by atoms with Crippen molar-refractivity contribution in [3.8, 4) is 0 Å². The summed E-state index contributed by atoms with van der Waals surface area (Å²) in [6.07, 6.45) is 1.70. The van der Waals surface area contributed by atoms with Gasteiger partial charge >= 0.3 is 0 Å². The van der Waals surface area contributed by atoms with Gasteiger partial charge in [0.25, 0.3) is 5.91 Å². The number of aromatic nitrogens is 1. The van der Waals surface area contributed by atoms with Gasteiger partial charge in [0, 0.05) is 6.20 Å². The molecule has 1 unspecified atom stereocenters. The largest absolute Gasteiger partial charge is 0.456 e. The molecule has 1 atom stereocenters. The number of rotatable bonds is 3. The minimum atomic E-state index is -0.226. The molecule has 1 amide bonds. The van der Waals surface area contributed by atoms with Gasteiger partial charge in [-0.05, 0) is 38.1 Å². The molecule has 2 heterocycles. The van der Waals surface area contributed by atoms with Gasteiger partial charge in [-0.3, -0.25) is 9.78 Å². The van der Waals surface area contributed by atoms with Crippen molar-refractivity contribution in [3.63, 3.8) is 0 Å². The maximum Gasteiger partial charge on any atom is 0.287 e. The Morgan fingerprint density at radius 3 is 2.76 bits per heavy atom. The van der Waals surface area contributed by atoms with Crippen molar-refractivity contribution in [2.24, 2.45) is 0 Å². The Hall–Kier alpha value is -2.10. The van der Waals surface area contributed by atoms with E-state index in [1.807, 2.05) is 25.1 Å². The maximum absolute atomic E-state index is 11.8. The Balaban J connectivity index is 2.04. The molecule has 4 nitrogen and oxygen atoms in total. The SMILES string of the molecule is Cc1ccc(C(=O)NC(C)c2ccccn2)o1. The summed E-state index contributed by atoms with van der Waals surface area (Å²) < 4.78 is 5.25. The fourth-order valence-electron chi connectivity index (χ4n) is 1.53. The molecule has 0 aromatic carbocycles. The lowest BCUT2D eigenvalue weighted by atomic mass is 10.2. The minimum absolute atomic E-state index is 0.144. The van der Waals surface area contributed by atoms with Crippen molar-refractivity contribution in [2.45, 2.75) is 19.9 Å². The second kappa shape index (κ2) is 4.82. The van der Waals surface area contributed by atoms with Crippen LogP contribution >= 0.6 is 0 Å². The van der Waals surface area contributed by atoms with Crippen molar-refractivity contribution in [1.29, 1.82) is 0 Å². The average molecular weight is 230 g/mol. The molecule has 2 aromatic rings. The number of hydrogen-bond acceptors (Lipinski definition) is 3. The molecular formula is C13H14N2O2. The lowest BCUT2D eigenvalue weighted by Gasteiger charge is -2.11. The summed E-state index contributed by atoms with van der Waals surface area (Å²) in [5, 5.41) is 2.83. The third-order valence-electron chi connectivity index (χ3n) is 2.44. The molecule has 0 aliphatic heterocycles. The van der Waals surface area contributed by atoms with Gasteiger partial charge in [0.15, 0.2) is 5.76 Å². The highest BCUT2D eigenvalue weighted by molar-refractivity contribution is 5.91. The minimum Gasteiger partial charge on any atom is -0.456 e. The predicted molar refractivity (Wildman–Crippen MR) is 63.6 cm³/mol. The van der Waals surface area contributed by atoms with Gasteiger partial charge in [-0.25, -0.2) is 0 Å². The average Bonchev–Trinajstić information content (AvgIpc) is 2.77. The van der Waals surface area contributed by atoms with Gasteiger partial charge in [-0.1, -0.05) is 6.07 Å². The third kappa shape index (κ3) is 2.72. The van der Waals surface area contributed by atoms with Gasteiger partial charge in [0.1, 0.15) is 5.76 Å². The fraction of sp³-hybridized carbons (Fsp3) is 0.231. The monoisotopic (exact) mass is 230 g/mol. The lowest BCUT2D eigenvalue weighted by molar-refractivity contribution is 0.0910. The molecule has 0 saturated heterocycles. The van der Waals surface area contributed by atoms with Crippen LogP contribution in [0.4, 0.5) is 0 Å². The van der Waals surface area contributed by atoms with E-state index in [9.17, 15) is 4.79 Å². The van der Waals surface area contributed by atoms with Crippen LogP contribution in [0.15, 0.2) is 40.9 Å². The summed E-state index contributed by atoms with van der Waals surface area (Å²) in [5.74, 6) is 0.821.